The maximum absolute atomic E-state index is 13.4. The lowest BCUT2D eigenvalue weighted by molar-refractivity contribution is -0.171. The number of hydrogen-bond acceptors (Lipinski definition) is 11. The molecule has 4 saturated heterocycles. The van der Waals surface area contributed by atoms with Crippen molar-refractivity contribution in [2.45, 2.75) is 136 Å². The second kappa shape index (κ2) is 24.2. The number of carbonyl (C=O) groups is 2. The number of aromatic amines is 1. The van der Waals surface area contributed by atoms with Gasteiger partial charge in [-0.3, -0.25) is 29.2 Å². The zero-order valence-corrected chi connectivity index (χ0v) is 38.0. The minimum absolute atomic E-state index is 0. The number of piperazine rings is 2. The van der Waals surface area contributed by atoms with Crippen LogP contribution in [-0.2, 0) is 22.5 Å². The second-order valence-corrected chi connectivity index (χ2v) is 17.4. The van der Waals surface area contributed by atoms with Crippen molar-refractivity contribution >= 4 is 28.5 Å². The lowest BCUT2D eigenvalue weighted by Gasteiger charge is -2.54. The second-order valence-electron chi connectivity index (χ2n) is 17.4. The van der Waals surface area contributed by atoms with Crippen LogP contribution >= 0.6 is 0 Å². The van der Waals surface area contributed by atoms with Crippen molar-refractivity contribution < 1.29 is 19.4 Å². The smallest absolute Gasteiger partial charge is 0.270 e. The number of amides is 2. The Morgan fingerprint density at radius 1 is 0.903 bits per heavy atom. The molecule has 3 aromatic rings. The summed E-state index contributed by atoms with van der Waals surface area (Å²) in [7, 11) is 1.00. The van der Waals surface area contributed by atoms with E-state index < -0.39 is 0 Å². The highest BCUT2D eigenvalue weighted by Crippen LogP contribution is 2.44. The Morgan fingerprint density at radius 2 is 1.55 bits per heavy atom. The first-order valence-electron chi connectivity index (χ1n) is 23.2. The number of aryl methyl sites for hydroxylation is 1. The Bertz CT molecular complexity index is 1860. The number of aliphatic hydroxyl groups is 1. The van der Waals surface area contributed by atoms with Crippen LogP contribution in [0.5, 0.6) is 0 Å². The molecule has 9 rings (SSSR count). The van der Waals surface area contributed by atoms with Crippen molar-refractivity contribution in [1.29, 1.82) is 0 Å². The standard InChI is InChI=1S/C41H57N9O4.C3H8.C2H6.CH4O.CH4/c1-2-30-23-34-35(45-37(30)51)22-29(24-43-34)26-47-14-18-49(19-15-47)32-8-9-33(44-25-32)38(52)46-40-10-12-41(13-11-40,54-28-40)27-48-16-20-50(21-17-48)39(53)36(42)31-6-4-3-5-7-31;1-3-2;2*1-2;/h8-9,22-25,31,36H,2-7,10-21,26-28,42H2,1H3,(H,45,51)(H,46,52);3H2,1-2H3;1-2H3;2H,1H3;1H4. The number of nitrogens with two attached hydrogens (primary N) is 1. The van der Waals surface area contributed by atoms with Crippen LogP contribution in [0, 0.1) is 5.92 Å². The number of anilines is 1. The SMILES string of the molecule is C.CC.CCC.CCc1cc2ncc(CN3CCN(c4ccc(C(=O)NC56CCC(CN7CCN(C(=O)C(N)C8CCCCC8)CC7)(CC5)OC6)nc4)CC3)cc2[nH]c1=O.CO. The molecule has 4 aliphatic heterocycles. The van der Waals surface area contributed by atoms with E-state index in [-0.39, 0.29) is 42.0 Å². The average Bonchev–Trinajstić information content (AvgIpc) is 3.31. The zero-order valence-electron chi connectivity index (χ0n) is 38.0. The topological polar surface area (TPSA) is 173 Å². The van der Waals surface area contributed by atoms with Crippen LogP contribution < -0.4 is 21.5 Å². The number of pyridine rings is 3. The van der Waals surface area contributed by atoms with E-state index >= 15 is 0 Å². The van der Waals surface area contributed by atoms with Gasteiger partial charge in [-0.05, 0) is 80.7 Å². The Balaban J connectivity index is 0.000001000. The molecule has 62 heavy (non-hydrogen) atoms. The molecule has 346 valence electrons. The molecule has 1 atom stereocenters. The van der Waals surface area contributed by atoms with E-state index in [1.807, 2.05) is 62.3 Å². The molecule has 6 aliphatic rings. The predicted molar refractivity (Wildman–Crippen MR) is 251 cm³/mol. The number of aliphatic hydroxyl groups excluding tert-OH is 1. The number of aromatic nitrogens is 3. The van der Waals surface area contributed by atoms with Gasteiger partial charge in [0.2, 0.25) is 5.91 Å². The molecule has 14 heteroatoms. The fraction of sp³-hybridized carbons (Fsp3) is 0.688. The number of carbonyl (C=O) groups excluding carboxylic acids is 2. The molecular weight excluding hydrogens is 783 g/mol. The lowest BCUT2D eigenvalue weighted by Crippen LogP contribution is -2.66. The molecule has 2 aliphatic carbocycles. The molecule has 0 radical (unpaired) electrons. The first-order chi connectivity index (χ1) is 29.6. The summed E-state index contributed by atoms with van der Waals surface area (Å²) in [6.07, 6.45) is 15.1. The molecule has 1 unspecified atom stereocenters. The summed E-state index contributed by atoms with van der Waals surface area (Å²) in [5.41, 5.74) is 10.7. The number of nitrogens with one attached hydrogen (secondary N) is 2. The number of hydrogen-bond donors (Lipinski definition) is 4. The molecule has 3 aromatic heterocycles. The molecule has 0 spiro atoms. The Kier molecular flexibility index (Phi) is 19.8. The maximum Gasteiger partial charge on any atom is 0.270 e. The lowest BCUT2D eigenvalue weighted by atomic mass is 9.70. The number of nitrogens with zero attached hydrogens (tertiary/aromatic N) is 6. The third-order valence-electron chi connectivity index (χ3n) is 13.1. The van der Waals surface area contributed by atoms with Gasteiger partial charge in [0, 0.05) is 84.3 Å². The summed E-state index contributed by atoms with van der Waals surface area (Å²) in [4.78, 5) is 60.2. The first kappa shape index (κ1) is 50.7. The Morgan fingerprint density at radius 3 is 2.13 bits per heavy atom. The third-order valence-corrected chi connectivity index (χ3v) is 13.1. The summed E-state index contributed by atoms with van der Waals surface area (Å²) in [6.45, 7) is 19.0. The summed E-state index contributed by atoms with van der Waals surface area (Å²) in [5, 5.41) is 10.3. The van der Waals surface area contributed by atoms with Crippen LogP contribution in [0.3, 0.4) is 0 Å². The van der Waals surface area contributed by atoms with Gasteiger partial charge in [0.25, 0.3) is 11.5 Å². The van der Waals surface area contributed by atoms with Crippen LogP contribution in [0.1, 0.15) is 128 Å². The van der Waals surface area contributed by atoms with E-state index in [1.54, 1.807) is 0 Å². The predicted octanol–water partition coefficient (Wildman–Crippen LogP) is 5.75. The van der Waals surface area contributed by atoms with Crippen molar-refractivity contribution in [1.82, 2.24) is 35.0 Å². The number of fused-ring (bicyclic) bond motifs is 4. The summed E-state index contributed by atoms with van der Waals surface area (Å²) in [6, 6.07) is 7.40. The number of rotatable bonds is 10. The highest BCUT2D eigenvalue weighted by Gasteiger charge is 2.51. The van der Waals surface area contributed by atoms with Gasteiger partial charge in [0.15, 0.2) is 0 Å². The molecule has 6 fully saturated rings. The van der Waals surface area contributed by atoms with E-state index in [0.717, 1.165) is 139 Å². The van der Waals surface area contributed by atoms with Crippen molar-refractivity contribution in [3.05, 3.63) is 63.8 Å². The van der Waals surface area contributed by atoms with Crippen LogP contribution in [0.4, 0.5) is 5.69 Å². The monoisotopic (exact) mass is 862 g/mol. The van der Waals surface area contributed by atoms with Crippen LogP contribution in [0.2, 0.25) is 0 Å². The van der Waals surface area contributed by atoms with Gasteiger partial charge in [0.05, 0.1) is 46.7 Å². The fourth-order valence-electron chi connectivity index (χ4n) is 9.52. The first-order valence-corrected chi connectivity index (χ1v) is 23.2. The molecule has 2 amide bonds. The van der Waals surface area contributed by atoms with Crippen molar-refractivity contribution in [3.63, 3.8) is 0 Å². The van der Waals surface area contributed by atoms with E-state index in [4.69, 9.17) is 15.6 Å². The zero-order chi connectivity index (χ0) is 44.0. The van der Waals surface area contributed by atoms with Crippen molar-refractivity contribution in [2.24, 2.45) is 11.7 Å². The minimum atomic E-state index is -0.357. The van der Waals surface area contributed by atoms with E-state index in [1.165, 1.54) is 25.7 Å². The molecule has 2 saturated carbocycles. The van der Waals surface area contributed by atoms with Gasteiger partial charge in [-0.2, -0.15) is 0 Å². The molecule has 7 heterocycles. The van der Waals surface area contributed by atoms with Gasteiger partial charge in [-0.1, -0.05) is 67.7 Å². The van der Waals surface area contributed by atoms with Crippen LogP contribution in [0.15, 0.2) is 41.5 Å². The normalized spacial score (nSPS) is 23.4. The van der Waals surface area contributed by atoms with Crippen molar-refractivity contribution in [3.8, 4) is 0 Å². The quantitative estimate of drug-likeness (QED) is 0.196. The number of ether oxygens (including phenoxy) is 1. The minimum Gasteiger partial charge on any atom is -0.400 e. The van der Waals surface area contributed by atoms with Gasteiger partial charge in [0.1, 0.15) is 5.69 Å². The largest absolute Gasteiger partial charge is 0.400 e. The van der Waals surface area contributed by atoms with E-state index in [2.05, 4.69) is 48.8 Å². The fourth-order valence-corrected chi connectivity index (χ4v) is 9.52. The van der Waals surface area contributed by atoms with Gasteiger partial charge in [-0.15, -0.1) is 0 Å². The molecule has 0 aromatic carbocycles. The molecular formula is C48H79N9O5. The van der Waals surface area contributed by atoms with Gasteiger partial charge >= 0.3 is 0 Å². The number of H-pyrrole nitrogens is 1. The molecule has 5 N–H and O–H groups in total. The maximum atomic E-state index is 13.4. The average molecular weight is 862 g/mol. The van der Waals surface area contributed by atoms with Gasteiger partial charge < -0.3 is 35.7 Å². The highest BCUT2D eigenvalue weighted by atomic mass is 16.5. The van der Waals surface area contributed by atoms with Crippen LogP contribution in [-0.4, -0.2) is 136 Å². The Labute approximate surface area is 371 Å². The summed E-state index contributed by atoms with van der Waals surface area (Å²) >= 11 is 0. The van der Waals surface area contributed by atoms with E-state index in [0.29, 0.717) is 24.6 Å². The summed E-state index contributed by atoms with van der Waals surface area (Å²) < 4.78 is 6.57. The Hall–Kier alpha value is -3.95. The van der Waals surface area contributed by atoms with Crippen molar-refractivity contribution in [2.75, 3.05) is 77.5 Å². The van der Waals surface area contributed by atoms with E-state index in [9.17, 15) is 14.4 Å². The summed E-state index contributed by atoms with van der Waals surface area (Å²) in [5.74, 6) is 0.321. The van der Waals surface area contributed by atoms with Crippen LogP contribution in [0.25, 0.3) is 11.0 Å². The molecule has 14 nitrogen and oxygen atoms in total. The molecule has 2 bridgehead atoms. The highest BCUT2D eigenvalue weighted by molar-refractivity contribution is 5.93. The van der Waals surface area contributed by atoms with Gasteiger partial charge in [-0.25, -0.2) is 4.98 Å². The third kappa shape index (κ3) is 12.6.